The molecule has 0 saturated heterocycles. The monoisotopic (exact) mass is 278 g/mol. The van der Waals surface area contributed by atoms with E-state index in [2.05, 4.69) is 30.4 Å². The maximum atomic E-state index is 12.1. The van der Waals surface area contributed by atoms with Gasteiger partial charge in [0.05, 0.1) is 10.4 Å². The summed E-state index contributed by atoms with van der Waals surface area (Å²) >= 11 is 4.98. The summed E-state index contributed by atoms with van der Waals surface area (Å²) in [6.07, 6.45) is 1.42. The van der Waals surface area contributed by atoms with E-state index in [1.807, 2.05) is 13.0 Å². The van der Waals surface area contributed by atoms with E-state index in [4.69, 9.17) is 18.0 Å². The first-order valence-corrected chi connectivity index (χ1v) is 6.94. The molecule has 3 N–H and O–H groups in total. The number of thiocarbonyl (C=S) groups is 1. The van der Waals surface area contributed by atoms with Gasteiger partial charge in [-0.1, -0.05) is 49.0 Å². The Morgan fingerprint density at radius 3 is 2.68 bits per heavy atom. The van der Waals surface area contributed by atoms with Crippen LogP contribution >= 0.6 is 12.2 Å². The highest BCUT2D eigenvalue weighted by Gasteiger charge is 2.34. The van der Waals surface area contributed by atoms with E-state index in [9.17, 15) is 4.79 Å². The zero-order valence-electron chi connectivity index (χ0n) is 11.8. The lowest BCUT2D eigenvalue weighted by molar-refractivity contribution is -0.126. The fraction of sp³-hybridized carbons (Fsp3) is 0.467. The highest BCUT2D eigenvalue weighted by molar-refractivity contribution is 7.80. The van der Waals surface area contributed by atoms with Crippen molar-refractivity contribution in [2.24, 2.45) is 11.1 Å². The number of nitrogens with two attached hydrogens (primary N) is 1. The number of hydrogen-bond donors (Lipinski definition) is 2. The number of rotatable bonds is 6. The molecular formula is C15H22N2OS. The molecule has 0 bridgehead atoms. The van der Waals surface area contributed by atoms with E-state index in [-0.39, 0.29) is 10.9 Å². The lowest BCUT2D eigenvalue weighted by atomic mass is 9.86. The predicted molar refractivity (Wildman–Crippen MR) is 83.1 cm³/mol. The molecule has 1 aromatic rings. The molecule has 1 aromatic carbocycles. The molecular weight excluding hydrogens is 256 g/mol. The number of amides is 1. The third-order valence-electron chi connectivity index (χ3n) is 3.53. The largest absolute Gasteiger partial charge is 0.392 e. The van der Waals surface area contributed by atoms with Crippen molar-refractivity contribution in [2.75, 3.05) is 6.54 Å². The van der Waals surface area contributed by atoms with Gasteiger partial charge in [-0.25, -0.2) is 0 Å². The van der Waals surface area contributed by atoms with Gasteiger partial charge in [-0.3, -0.25) is 4.79 Å². The van der Waals surface area contributed by atoms with Crippen LogP contribution in [0.4, 0.5) is 0 Å². The fourth-order valence-corrected chi connectivity index (χ4v) is 2.07. The smallest absolute Gasteiger partial charge is 0.232 e. The first-order valence-electron chi connectivity index (χ1n) is 6.54. The van der Waals surface area contributed by atoms with E-state index in [1.165, 1.54) is 11.1 Å². The number of nitrogens with one attached hydrogen (secondary N) is 1. The average Bonchev–Trinajstić information content (AvgIpc) is 2.37. The van der Waals surface area contributed by atoms with Crippen molar-refractivity contribution in [3.05, 3.63) is 35.4 Å². The second-order valence-corrected chi connectivity index (χ2v) is 5.48. The Kier molecular flexibility index (Phi) is 5.48. The van der Waals surface area contributed by atoms with Crippen LogP contribution in [0.2, 0.25) is 0 Å². The van der Waals surface area contributed by atoms with Crippen molar-refractivity contribution < 1.29 is 4.79 Å². The van der Waals surface area contributed by atoms with Gasteiger partial charge in [0.1, 0.15) is 0 Å². The van der Waals surface area contributed by atoms with Crippen LogP contribution in [0.1, 0.15) is 31.4 Å². The van der Waals surface area contributed by atoms with Gasteiger partial charge in [0, 0.05) is 6.54 Å². The van der Waals surface area contributed by atoms with E-state index < -0.39 is 5.41 Å². The molecule has 0 spiro atoms. The first kappa shape index (κ1) is 15.6. The van der Waals surface area contributed by atoms with Gasteiger partial charge < -0.3 is 11.1 Å². The molecule has 0 aliphatic heterocycles. The van der Waals surface area contributed by atoms with Gasteiger partial charge in [-0.15, -0.1) is 0 Å². The topological polar surface area (TPSA) is 55.1 Å². The first-order chi connectivity index (χ1) is 8.90. The third kappa shape index (κ3) is 4.03. The Morgan fingerprint density at radius 1 is 1.47 bits per heavy atom. The maximum Gasteiger partial charge on any atom is 0.232 e. The minimum atomic E-state index is -0.748. The Labute approximate surface area is 120 Å². The number of benzene rings is 1. The van der Waals surface area contributed by atoms with Crippen LogP contribution in [0.5, 0.6) is 0 Å². The Morgan fingerprint density at radius 2 is 2.16 bits per heavy atom. The van der Waals surface area contributed by atoms with Gasteiger partial charge >= 0.3 is 0 Å². The van der Waals surface area contributed by atoms with Gasteiger partial charge in [-0.05, 0) is 32.3 Å². The predicted octanol–water partition coefficient (Wildman–Crippen LogP) is 2.36. The fourth-order valence-electron chi connectivity index (χ4n) is 1.83. The number of carbonyl (C=O) groups excluding carboxylic acids is 1. The summed E-state index contributed by atoms with van der Waals surface area (Å²) in [5.74, 6) is -0.0878. The summed E-state index contributed by atoms with van der Waals surface area (Å²) in [4.78, 5) is 12.4. The summed E-state index contributed by atoms with van der Waals surface area (Å²) in [5.41, 5.74) is 7.35. The maximum absolute atomic E-state index is 12.1. The van der Waals surface area contributed by atoms with Gasteiger partial charge in [0.2, 0.25) is 5.91 Å². The lowest BCUT2D eigenvalue weighted by Gasteiger charge is -2.25. The van der Waals surface area contributed by atoms with Crippen LogP contribution in [-0.2, 0) is 11.2 Å². The minimum Gasteiger partial charge on any atom is -0.392 e. The molecule has 1 amide bonds. The van der Waals surface area contributed by atoms with Crippen molar-refractivity contribution in [1.29, 1.82) is 0 Å². The lowest BCUT2D eigenvalue weighted by Crippen LogP contribution is -2.47. The third-order valence-corrected chi connectivity index (χ3v) is 3.98. The van der Waals surface area contributed by atoms with Crippen LogP contribution in [0, 0.1) is 12.3 Å². The number of hydrogen-bond acceptors (Lipinski definition) is 2. The molecule has 3 nitrogen and oxygen atoms in total. The SMILES string of the molecule is CCC(C)(C(=O)NCCc1cccc(C)c1)C(N)=S. The zero-order valence-corrected chi connectivity index (χ0v) is 12.6. The normalized spacial score (nSPS) is 13.6. The van der Waals surface area contributed by atoms with Crippen molar-refractivity contribution in [3.8, 4) is 0 Å². The molecule has 1 atom stereocenters. The van der Waals surface area contributed by atoms with Gasteiger partial charge in [-0.2, -0.15) is 0 Å². The molecule has 104 valence electrons. The molecule has 0 fully saturated rings. The summed E-state index contributed by atoms with van der Waals surface area (Å²) < 4.78 is 0. The zero-order chi connectivity index (χ0) is 14.5. The number of aryl methyl sites for hydroxylation is 1. The van der Waals surface area contributed by atoms with E-state index in [0.29, 0.717) is 13.0 Å². The Bertz CT molecular complexity index is 473. The van der Waals surface area contributed by atoms with Crippen LogP contribution in [-0.4, -0.2) is 17.4 Å². The highest BCUT2D eigenvalue weighted by atomic mass is 32.1. The Balaban J connectivity index is 2.53. The van der Waals surface area contributed by atoms with Crippen molar-refractivity contribution >= 4 is 23.1 Å². The van der Waals surface area contributed by atoms with Crippen molar-refractivity contribution in [3.63, 3.8) is 0 Å². The average molecular weight is 278 g/mol. The molecule has 1 rings (SSSR count). The molecule has 0 saturated carbocycles. The van der Waals surface area contributed by atoms with Crippen LogP contribution in [0.25, 0.3) is 0 Å². The standard InChI is InChI=1S/C15H22N2OS/c1-4-15(3,13(16)19)14(18)17-9-8-12-7-5-6-11(2)10-12/h5-7,10H,4,8-9H2,1-3H3,(H2,16,19)(H,17,18). The minimum absolute atomic E-state index is 0.0878. The molecule has 4 heteroatoms. The summed E-state index contributed by atoms with van der Waals surface area (Å²) in [6, 6.07) is 8.27. The molecule has 0 aliphatic carbocycles. The van der Waals surface area contributed by atoms with E-state index in [1.54, 1.807) is 6.92 Å². The second-order valence-electron chi connectivity index (χ2n) is 5.04. The van der Waals surface area contributed by atoms with E-state index >= 15 is 0 Å². The van der Waals surface area contributed by atoms with Crippen LogP contribution in [0.15, 0.2) is 24.3 Å². The van der Waals surface area contributed by atoms with Crippen LogP contribution in [0.3, 0.4) is 0 Å². The molecule has 0 heterocycles. The van der Waals surface area contributed by atoms with Gasteiger partial charge in [0.25, 0.3) is 0 Å². The molecule has 0 aromatic heterocycles. The molecule has 1 unspecified atom stereocenters. The van der Waals surface area contributed by atoms with Crippen LogP contribution < -0.4 is 11.1 Å². The highest BCUT2D eigenvalue weighted by Crippen LogP contribution is 2.21. The Hall–Kier alpha value is -1.42. The van der Waals surface area contributed by atoms with Crippen molar-refractivity contribution in [2.45, 2.75) is 33.6 Å². The quantitative estimate of drug-likeness (QED) is 0.785. The van der Waals surface area contributed by atoms with Gasteiger partial charge in [0.15, 0.2) is 0 Å². The second kappa shape index (κ2) is 6.66. The van der Waals surface area contributed by atoms with Crippen molar-refractivity contribution in [1.82, 2.24) is 5.32 Å². The molecule has 0 radical (unpaired) electrons. The molecule has 19 heavy (non-hydrogen) atoms. The van der Waals surface area contributed by atoms with E-state index in [0.717, 1.165) is 6.42 Å². The number of carbonyl (C=O) groups is 1. The molecule has 0 aliphatic rings. The summed E-state index contributed by atoms with van der Waals surface area (Å²) in [6.45, 7) is 6.36. The summed E-state index contributed by atoms with van der Waals surface area (Å²) in [7, 11) is 0. The summed E-state index contributed by atoms with van der Waals surface area (Å²) in [5, 5.41) is 2.92.